The van der Waals surface area contributed by atoms with Gasteiger partial charge in [0, 0.05) is 11.1 Å². The van der Waals surface area contributed by atoms with Crippen LogP contribution in [-0.4, -0.2) is 5.91 Å². The number of rotatable bonds is 1. The molecule has 0 aliphatic carbocycles. The van der Waals surface area contributed by atoms with Crippen molar-refractivity contribution >= 4 is 22.6 Å². The highest BCUT2D eigenvalue weighted by Crippen LogP contribution is 2.24. The molecule has 4 nitrogen and oxygen atoms in total. The number of carbonyl (C=O) groups excluding carboxylic acids is 1. The second-order valence-corrected chi connectivity index (χ2v) is 2.73. The van der Waals surface area contributed by atoms with E-state index in [-0.39, 0.29) is 5.76 Å². The molecule has 0 bridgehead atoms. The van der Waals surface area contributed by atoms with Crippen molar-refractivity contribution in [3.63, 3.8) is 0 Å². The lowest BCUT2D eigenvalue weighted by atomic mass is 10.2. The van der Waals surface area contributed by atoms with E-state index in [0.717, 1.165) is 5.39 Å². The van der Waals surface area contributed by atoms with Gasteiger partial charge in [0.25, 0.3) is 5.91 Å². The molecular formula is C9H8N2O2. The maximum absolute atomic E-state index is 10.8. The lowest BCUT2D eigenvalue weighted by Crippen LogP contribution is -2.08. The minimum absolute atomic E-state index is 0.132. The maximum atomic E-state index is 10.8. The van der Waals surface area contributed by atoms with Crippen LogP contribution in [0.15, 0.2) is 28.7 Å². The third kappa shape index (κ3) is 1.12. The van der Waals surface area contributed by atoms with E-state index in [0.29, 0.717) is 11.3 Å². The molecule has 66 valence electrons. The molecule has 0 saturated heterocycles. The van der Waals surface area contributed by atoms with Gasteiger partial charge in [-0.05, 0) is 18.2 Å². The first kappa shape index (κ1) is 7.67. The van der Waals surface area contributed by atoms with Crippen molar-refractivity contribution in [2.75, 3.05) is 5.73 Å². The average Bonchev–Trinajstić information content (AvgIpc) is 2.49. The van der Waals surface area contributed by atoms with Crippen LogP contribution in [0.5, 0.6) is 0 Å². The fourth-order valence-corrected chi connectivity index (χ4v) is 1.20. The molecule has 2 rings (SSSR count). The fraction of sp³-hybridized carbons (Fsp3) is 0. The molecule has 1 aromatic carbocycles. The van der Waals surface area contributed by atoms with Gasteiger partial charge in [0.15, 0.2) is 5.76 Å². The highest BCUT2D eigenvalue weighted by Gasteiger charge is 2.09. The third-order valence-corrected chi connectivity index (χ3v) is 1.84. The number of nitrogen functional groups attached to an aromatic ring is 1. The van der Waals surface area contributed by atoms with Gasteiger partial charge in [-0.3, -0.25) is 4.79 Å². The van der Waals surface area contributed by atoms with E-state index in [2.05, 4.69) is 0 Å². The van der Waals surface area contributed by atoms with Crippen molar-refractivity contribution < 1.29 is 9.21 Å². The Bertz CT molecular complexity index is 473. The molecule has 1 aromatic heterocycles. The summed E-state index contributed by atoms with van der Waals surface area (Å²) in [5, 5.41) is 0.719. The van der Waals surface area contributed by atoms with Gasteiger partial charge in [0.1, 0.15) is 5.58 Å². The van der Waals surface area contributed by atoms with E-state index in [9.17, 15) is 4.79 Å². The summed E-state index contributed by atoms with van der Waals surface area (Å²) in [6.45, 7) is 0. The number of hydrogen-bond donors (Lipinski definition) is 2. The van der Waals surface area contributed by atoms with Crippen LogP contribution >= 0.6 is 0 Å². The van der Waals surface area contributed by atoms with Crippen LogP contribution in [0.4, 0.5) is 5.69 Å². The number of furan rings is 1. The molecule has 0 spiro atoms. The predicted molar refractivity (Wildman–Crippen MR) is 49.1 cm³/mol. The number of carbonyl (C=O) groups is 1. The Morgan fingerprint density at radius 2 is 2.15 bits per heavy atom. The van der Waals surface area contributed by atoms with Crippen LogP contribution in [0, 0.1) is 0 Å². The largest absolute Gasteiger partial charge is 0.451 e. The van der Waals surface area contributed by atoms with Crippen molar-refractivity contribution in [3.8, 4) is 0 Å². The van der Waals surface area contributed by atoms with Gasteiger partial charge in [-0.1, -0.05) is 6.07 Å². The quantitative estimate of drug-likeness (QED) is 0.638. The second-order valence-electron chi connectivity index (χ2n) is 2.73. The van der Waals surface area contributed by atoms with Gasteiger partial charge in [-0.25, -0.2) is 0 Å². The van der Waals surface area contributed by atoms with Gasteiger partial charge in [-0.15, -0.1) is 0 Å². The summed E-state index contributed by atoms with van der Waals surface area (Å²) >= 11 is 0. The molecule has 0 unspecified atom stereocenters. The minimum atomic E-state index is -0.587. The smallest absolute Gasteiger partial charge is 0.284 e. The molecule has 1 heterocycles. The summed E-state index contributed by atoms with van der Waals surface area (Å²) in [5.74, 6) is -0.455. The zero-order chi connectivity index (χ0) is 9.42. The number of hydrogen-bond acceptors (Lipinski definition) is 3. The lowest BCUT2D eigenvalue weighted by molar-refractivity contribution is 0.0976. The van der Waals surface area contributed by atoms with Crippen LogP contribution < -0.4 is 11.5 Å². The summed E-state index contributed by atoms with van der Waals surface area (Å²) in [7, 11) is 0. The first-order valence-electron chi connectivity index (χ1n) is 3.76. The second kappa shape index (κ2) is 2.52. The maximum Gasteiger partial charge on any atom is 0.284 e. The Morgan fingerprint density at radius 1 is 1.38 bits per heavy atom. The van der Waals surface area contributed by atoms with Crippen LogP contribution in [-0.2, 0) is 0 Å². The lowest BCUT2D eigenvalue weighted by Gasteiger charge is -1.90. The molecule has 0 aliphatic rings. The monoisotopic (exact) mass is 176 g/mol. The van der Waals surface area contributed by atoms with E-state index in [1.807, 2.05) is 0 Å². The van der Waals surface area contributed by atoms with Crippen LogP contribution in [0.2, 0.25) is 0 Å². The standard InChI is InChI=1S/C9H8N2O2/c10-6-2-1-3-7-5(6)4-8(13-7)9(11)12/h1-4H,10H2,(H2,11,12). The Balaban J connectivity index is 2.75. The summed E-state index contributed by atoms with van der Waals surface area (Å²) in [5.41, 5.74) is 11.9. The normalized spacial score (nSPS) is 10.5. The molecule has 4 N–H and O–H groups in total. The zero-order valence-electron chi connectivity index (χ0n) is 6.78. The summed E-state index contributed by atoms with van der Waals surface area (Å²) in [6.07, 6.45) is 0. The number of anilines is 1. The molecule has 0 fully saturated rings. The molecular weight excluding hydrogens is 168 g/mol. The average molecular weight is 176 g/mol. The van der Waals surface area contributed by atoms with E-state index >= 15 is 0 Å². The highest BCUT2D eigenvalue weighted by molar-refractivity contribution is 5.98. The van der Waals surface area contributed by atoms with Gasteiger partial charge in [0.2, 0.25) is 0 Å². The van der Waals surface area contributed by atoms with Gasteiger partial charge in [-0.2, -0.15) is 0 Å². The van der Waals surface area contributed by atoms with E-state index < -0.39 is 5.91 Å². The molecule has 0 radical (unpaired) electrons. The van der Waals surface area contributed by atoms with Crippen molar-refractivity contribution in [2.24, 2.45) is 5.73 Å². The molecule has 4 heteroatoms. The minimum Gasteiger partial charge on any atom is -0.451 e. The summed E-state index contributed by atoms with van der Waals surface area (Å²) in [6, 6.07) is 6.78. The Kier molecular flexibility index (Phi) is 1.48. The molecule has 1 amide bonds. The first-order chi connectivity index (χ1) is 6.18. The van der Waals surface area contributed by atoms with Crippen molar-refractivity contribution in [2.45, 2.75) is 0 Å². The molecule has 2 aromatic rings. The van der Waals surface area contributed by atoms with Crippen LogP contribution in [0.3, 0.4) is 0 Å². The SMILES string of the molecule is NC(=O)c1cc2c(N)cccc2o1. The topological polar surface area (TPSA) is 82.2 Å². The zero-order valence-corrected chi connectivity index (χ0v) is 6.78. The van der Waals surface area contributed by atoms with E-state index in [1.54, 1.807) is 24.3 Å². The Morgan fingerprint density at radius 3 is 2.77 bits per heavy atom. The number of benzene rings is 1. The molecule has 13 heavy (non-hydrogen) atoms. The molecule has 0 saturated carbocycles. The van der Waals surface area contributed by atoms with Gasteiger partial charge < -0.3 is 15.9 Å². The molecule has 0 atom stereocenters. The predicted octanol–water partition coefficient (Wildman–Crippen LogP) is 1.11. The van der Waals surface area contributed by atoms with Crippen molar-refractivity contribution in [3.05, 3.63) is 30.0 Å². The molecule has 0 aliphatic heterocycles. The first-order valence-corrected chi connectivity index (χ1v) is 3.76. The van der Waals surface area contributed by atoms with Crippen molar-refractivity contribution in [1.82, 2.24) is 0 Å². The number of primary amides is 1. The van der Waals surface area contributed by atoms with Gasteiger partial charge >= 0.3 is 0 Å². The van der Waals surface area contributed by atoms with Crippen LogP contribution in [0.25, 0.3) is 11.0 Å². The highest BCUT2D eigenvalue weighted by atomic mass is 16.3. The number of fused-ring (bicyclic) bond motifs is 1. The van der Waals surface area contributed by atoms with Crippen molar-refractivity contribution in [1.29, 1.82) is 0 Å². The Labute approximate surface area is 74.1 Å². The van der Waals surface area contributed by atoms with Gasteiger partial charge in [0.05, 0.1) is 0 Å². The van der Waals surface area contributed by atoms with E-state index in [4.69, 9.17) is 15.9 Å². The summed E-state index contributed by atoms with van der Waals surface area (Å²) < 4.78 is 5.16. The third-order valence-electron chi connectivity index (χ3n) is 1.84. The van der Waals surface area contributed by atoms with E-state index in [1.165, 1.54) is 0 Å². The number of amides is 1. The summed E-state index contributed by atoms with van der Waals surface area (Å²) in [4.78, 5) is 10.8. The van der Waals surface area contributed by atoms with Crippen LogP contribution in [0.1, 0.15) is 10.6 Å². The Hall–Kier alpha value is -1.97. The number of nitrogens with two attached hydrogens (primary N) is 2. The fourth-order valence-electron chi connectivity index (χ4n) is 1.20.